The van der Waals surface area contributed by atoms with E-state index in [1.54, 1.807) is 4.72 Å². The molecule has 0 atom stereocenters. The van der Waals surface area contributed by atoms with Gasteiger partial charge in [0.15, 0.2) is 0 Å². The molecule has 1 aromatic rings. The number of hydrogen-bond acceptors (Lipinski definition) is 3. The minimum atomic E-state index is -4.03. The van der Waals surface area contributed by atoms with Crippen LogP contribution in [-0.4, -0.2) is 32.5 Å². The van der Waals surface area contributed by atoms with Crippen molar-refractivity contribution in [2.24, 2.45) is 0 Å². The van der Waals surface area contributed by atoms with Gasteiger partial charge in [0.1, 0.15) is 0 Å². The van der Waals surface area contributed by atoms with Crippen LogP contribution in [0.3, 0.4) is 0 Å². The Morgan fingerprint density at radius 2 is 2.11 bits per heavy atom. The summed E-state index contributed by atoms with van der Waals surface area (Å²) in [4.78, 5) is 10.1. The Morgan fingerprint density at radius 3 is 2.68 bits per heavy atom. The zero-order valence-electron chi connectivity index (χ0n) is 9.58. The molecule has 0 spiro atoms. The lowest BCUT2D eigenvalue weighted by molar-refractivity contribution is -0.131. The van der Waals surface area contributed by atoms with E-state index >= 15 is 0 Å². The lowest BCUT2D eigenvalue weighted by Gasteiger charge is -2.06. The first-order chi connectivity index (χ1) is 8.81. The normalized spacial score (nSPS) is 12.2. The first kappa shape index (κ1) is 15.3. The first-order valence-electron chi connectivity index (χ1n) is 5.10. The molecule has 104 valence electrons. The lowest BCUT2D eigenvalue weighted by atomic mass is 10.2. The second-order valence-corrected chi connectivity index (χ2v) is 5.25. The van der Waals surface area contributed by atoms with Crippen molar-refractivity contribution in [3.63, 3.8) is 0 Å². The monoisotopic (exact) mass is 291 g/mol. The van der Waals surface area contributed by atoms with Crippen LogP contribution in [0, 0.1) is 0 Å². The summed E-state index contributed by atoms with van der Waals surface area (Å²) in [5.41, 5.74) is 0.335. The second kappa shape index (κ2) is 6.39. The molecule has 19 heavy (non-hydrogen) atoms. The zero-order valence-corrected chi connectivity index (χ0v) is 10.4. The van der Waals surface area contributed by atoms with E-state index in [1.165, 1.54) is 30.3 Å². The quantitative estimate of drug-likeness (QED) is 0.774. The minimum absolute atomic E-state index is 0.208. The number of aliphatic carboxylic acids is 1. The SMILES string of the molecule is O=C(O)/C=C/c1cccc(S(=O)(=O)NCC(F)F)c1. The molecular weight excluding hydrogens is 280 g/mol. The summed E-state index contributed by atoms with van der Waals surface area (Å²) in [6.07, 6.45) is -0.739. The predicted molar refractivity (Wildman–Crippen MR) is 64.3 cm³/mol. The predicted octanol–water partition coefficient (Wildman–Crippen LogP) is 1.33. The average Bonchev–Trinajstić information content (AvgIpc) is 2.34. The fraction of sp³-hybridized carbons (Fsp3) is 0.182. The standard InChI is InChI=1S/C11H11F2NO4S/c12-10(13)7-14-19(17,18)9-3-1-2-8(6-9)4-5-11(15)16/h1-6,10,14H,7H2,(H,15,16)/b5-4+. The third-order valence-corrected chi connectivity index (χ3v) is 3.44. The second-order valence-electron chi connectivity index (χ2n) is 3.49. The summed E-state index contributed by atoms with van der Waals surface area (Å²) in [6, 6.07) is 5.29. The molecule has 0 fully saturated rings. The van der Waals surface area contributed by atoms with Gasteiger partial charge in [-0.15, -0.1) is 0 Å². The Morgan fingerprint density at radius 1 is 1.42 bits per heavy atom. The van der Waals surface area contributed by atoms with E-state index in [2.05, 4.69) is 0 Å². The Kier molecular flexibility index (Phi) is 5.13. The van der Waals surface area contributed by atoms with Crippen LogP contribution in [0.4, 0.5) is 8.78 Å². The van der Waals surface area contributed by atoms with Gasteiger partial charge in [-0.1, -0.05) is 12.1 Å². The molecule has 0 aliphatic carbocycles. The van der Waals surface area contributed by atoms with Crippen molar-refractivity contribution in [3.05, 3.63) is 35.9 Å². The van der Waals surface area contributed by atoms with Gasteiger partial charge in [0, 0.05) is 6.08 Å². The van der Waals surface area contributed by atoms with Gasteiger partial charge < -0.3 is 5.11 Å². The topological polar surface area (TPSA) is 83.5 Å². The summed E-state index contributed by atoms with van der Waals surface area (Å²) in [5.74, 6) is -1.18. The van der Waals surface area contributed by atoms with Crippen LogP contribution in [0.1, 0.15) is 5.56 Å². The maximum absolute atomic E-state index is 12.0. The number of carboxylic acids is 1. The summed E-state index contributed by atoms with van der Waals surface area (Å²) in [5, 5.41) is 8.45. The number of rotatable bonds is 6. The van der Waals surface area contributed by atoms with Gasteiger partial charge in [-0.05, 0) is 23.8 Å². The van der Waals surface area contributed by atoms with Crippen molar-refractivity contribution in [1.82, 2.24) is 4.72 Å². The van der Waals surface area contributed by atoms with E-state index in [9.17, 15) is 22.0 Å². The number of benzene rings is 1. The number of sulfonamides is 1. The third-order valence-electron chi connectivity index (χ3n) is 2.01. The van der Waals surface area contributed by atoms with Gasteiger partial charge in [0.05, 0.1) is 11.4 Å². The Hall–Kier alpha value is -1.80. The first-order valence-corrected chi connectivity index (χ1v) is 6.58. The molecule has 1 aromatic carbocycles. The average molecular weight is 291 g/mol. The lowest BCUT2D eigenvalue weighted by Crippen LogP contribution is -2.28. The molecule has 0 aromatic heterocycles. The van der Waals surface area contributed by atoms with Crippen LogP contribution in [0.15, 0.2) is 35.2 Å². The molecule has 0 saturated carbocycles. The fourth-order valence-electron chi connectivity index (χ4n) is 1.21. The highest BCUT2D eigenvalue weighted by Gasteiger charge is 2.16. The largest absolute Gasteiger partial charge is 0.478 e. The molecule has 2 N–H and O–H groups in total. The summed E-state index contributed by atoms with van der Waals surface area (Å²) in [7, 11) is -4.03. The Balaban J connectivity index is 2.95. The zero-order chi connectivity index (χ0) is 14.5. The van der Waals surface area contributed by atoms with E-state index in [-0.39, 0.29) is 4.90 Å². The van der Waals surface area contributed by atoms with Gasteiger partial charge in [0.2, 0.25) is 10.0 Å². The fourth-order valence-corrected chi connectivity index (χ4v) is 2.27. The van der Waals surface area contributed by atoms with Crippen LogP contribution in [-0.2, 0) is 14.8 Å². The van der Waals surface area contributed by atoms with E-state index in [1.807, 2.05) is 0 Å². The molecule has 0 saturated heterocycles. The van der Waals surface area contributed by atoms with Crippen LogP contribution < -0.4 is 4.72 Å². The van der Waals surface area contributed by atoms with E-state index in [0.29, 0.717) is 5.56 Å². The van der Waals surface area contributed by atoms with Crippen molar-refractivity contribution < 1.29 is 27.1 Å². The van der Waals surface area contributed by atoms with Gasteiger partial charge in [0.25, 0.3) is 6.43 Å². The molecule has 1 rings (SSSR count). The van der Waals surface area contributed by atoms with Crippen LogP contribution >= 0.6 is 0 Å². The Bertz CT molecular complexity index is 584. The smallest absolute Gasteiger partial charge is 0.328 e. The number of carbonyl (C=O) groups is 1. The van der Waals surface area contributed by atoms with Gasteiger partial charge in [-0.2, -0.15) is 0 Å². The number of nitrogens with one attached hydrogen (secondary N) is 1. The molecule has 8 heteroatoms. The summed E-state index contributed by atoms with van der Waals surface area (Å²) in [6.45, 7) is -0.975. The third kappa shape index (κ3) is 5.14. The maximum Gasteiger partial charge on any atom is 0.328 e. The molecule has 0 amide bonds. The molecule has 0 aliphatic rings. The highest BCUT2D eigenvalue weighted by molar-refractivity contribution is 7.89. The maximum atomic E-state index is 12.0. The van der Waals surface area contributed by atoms with E-state index < -0.39 is 29.0 Å². The van der Waals surface area contributed by atoms with E-state index in [0.717, 1.165) is 6.08 Å². The van der Waals surface area contributed by atoms with Crippen molar-refractivity contribution in [3.8, 4) is 0 Å². The highest BCUT2D eigenvalue weighted by Crippen LogP contribution is 2.12. The molecular formula is C11H11F2NO4S. The summed E-state index contributed by atoms with van der Waals surface area (Å²) >= 11 is 0. The molecule has 0 unspecified atom stereocenters. The van der Waals surface area contributed by atoms with E-state index in [4.69, 9.17) is 5.11 Å². The van der Waals surface area contributed by atoms with Gasteiger partial charge in [-0.3, -0.25) is 0 Å². The van der Waals surface area contributed by atoms with Crippen LogP contribution in [0.25, 0.3) is 6.08 Å². The van der Waals surface area contributed by atoms with Gasteiger partial charge in [-0.25, -0.2) is 26.7 Å². The molecule has 0 radical (unpaired) electrons. The van der Waals surface area contributed by atoms with Crippen LogP contribution in [0.5, 0.6) is 0 Å². The molecule has 0 aliphatic heterocycles. The highest BCUT2D eigenvalue weighted by atomic mass is 32.2. The number of hydrogen-bond donors (Lipinski definition) is 2. The van der Waals surface area contributed by atoms with Crippen molar-refractivity contribution in [2.45, 2.75) is 11.3 Å². The number of halogens is 2. The minimum Gasteiger partial charge on any atom is -0.478 e. The van der Waals surface area contributed by atoms with Crippen molar-refractivity contribution in [2.75, 3.05) is 6.54 Å². The molecule has 5 nitrogen and oxygen atoms in total. The number of carboxylic acid groups (broad SMARTS) is 1. The molecule has 0 heterocycles. The van der Waals surface area contributed by atoms with Crippen molar-refractivity contribution in [1.29, 1.82) is 0 Å². The Labute approximate surface area is 108 Å². The molecule has 0 bridgehead atoms. The number of alkyl halides is 2. The van der Waals surface area contributed by atoms with Crippen LogP contribution in [0.2, 0.25) is 0 Å². The summed E-state index contributed by atoms with van der Waals surface area (Å²) < 4.78 is 49.0. The van der Waals surface area contributed by atoms with Gasteiger partial charge >= 0.3 is 5.97 Å². The van der Waals surface area contributed by atoms with Crippen molar-refractivity contribution >= 4 is 22.1 Å².